The number of H-pyrrole nitrogens is 1. The summed E-state index contributed by atoms with van der Waals surface area (Å²) >= 11 is 13.8. The predicted molar refractivity (Wildman–Crippen MR) is 171 cm³/mol. The molecule has 1 N–H and O–H groups in total. The number of hydrogen-bond acceptors (Lipinski definition) is 9. The van der Waals surface area contributed by atoms with Gasteiger partial charge in [-0.3, -0.25) is 4.79 Å². The number of benzene rings is 7. The van der Waals surface area contributed by atoms with Crippen molar-refractivity contribution < 1.29 is 93.4 Å². The molecule has 8 rings (SSSR count). The second-order valence-corrected chi connectivity index (χ2v) is 13.1. The summed E-state index contributed by atoms with van der Waals surface area (Å²) in [6, 6.07) is 19.2. The maximum atomic E-state index is 13.6. The van der Waals surface area contributed by atoms with Crippen molar-refractivity contribution in [3.8, 4) is 11.5 Å². The third kappa shape index (κ3) is 5.27. The third-order valence-corrected chi connectivity index (χ3v) is 9.62. The van der Waals surface area contributed by atoms with Crippen molar-refractivity contribution in [2.24, 2.45) is 0 Å². The summed E-state index contributed by atoms with van der Waals surface area (Å²) in [5.74, 6) is -0.839. The largest absolute Gasteiger partial charge is 1.00 e. The molecule has 7 aromatic carbocycles. The zero-order valence-electron chi connectivity index (χ0n) is 24.2. The van der Waals surface area contributed by atoms with Crippen molar-refractivity contribution in [3.63, 3.8) is 0 Å². The number of halogens is 2. The molecular weight excluding hydrogens is 711 g/mol. The number of hydrogen-bond donors (Lipinski definition) is 1. The van der Waals surface area contributed by atoms with E-state index in [2.05, 4.69) is 4.98 Å². The van der Waals surface area contributed by atoms with Gasteiger partial charge in [-0.05, 0) is 22.9 Å². The fraction of sp³-hybridized carbons (Fsp3) is 0. The molecule has 0 spiro atoms. The smallest absolute Gasteiger partial charge is 0.716 e. The van der Waals surface area contributed by atoms with Crippen LogP contribution in [0.25, 0.3) is 75.7 Å². The number of rotatable bonds is 4. The molecule has 224 valence electrons. The van der Waals surface area contributed by atoms with Crippen LogP contribution in [0, 0.1) is 0 Å². The summed E-state index contributed by atoms with van der Waals surface area (Å²) in [5, 5.41) is 4.24. The van der Waals surface area contributed by atoms with E-state index < -0.39 is 32.3 Å². The van der Waals surface area contributed by atoms with E-state index in [-0.39, 0.29) is 107 Å². The van der Waals surface area contributed by atoms with Crippen LogP contribution < -0.4 is 72.9 Å². The van der Waals surface area contributed by atoms with Crippen molar-refractivity contribution in [3.05, 3.63) is 93.1 Å². The third-order valence-electron chi connectivity index (χ3n) is 8.03. The Morgan fingerprint density at radius 3 is 1.64 bits per heavy atom. The Bertz CT molecular complexity index is 2940. The van der Waals surface area contributed by atoms with Crippen LogP contribution in [0.4, 0.5) is 0 Å². The zero-order valence-corrected chi connectivity index (χ0v) is 31.3. The van der Waals surface area contributed by atoms with E-state index in [1.54, 1.807) is 42.5 Å². The minimum Gasteiger partial charge on any atom is -0.716 e. The molecule has 0 amide bonds. The summed E-state index contributed by atoms with van der Waals surface area (Å²) in [6.45, 7) is 0. The van der Waals surface area contributed by atoms with Crippen molar-refractivity contribution in [1.29, 1.82) is 0 Å². The molecule has 0 saturated carbocycles. The summed E-state index contributed by atoms with van der Waals surface area (Å²) < 4.78 is 81.5. The number of fused-ring (bicyclic) bond motifs is 7. The molecule has 0 atom stereocenters. The van der Waals surface area contributed by atoms with Crippen LogP contribution in [0.3, 0.4) is 0 Å². The number of nitrogens with one attached hydrogen (secondary N) is 1. The van der Waals surface area contributed by atoms with Gasteiger partial charge in [0.1, 0.15) is 0 Å². The maximum Gasteiger partial charge on any atom is 1.00 e. The van der Waals surface area contributed by atoms with Crippen LogP contribution in [0.2, 0.25) is 10.0 Å². The van der Waals surface area contributed by atoms with Crippen LogP contribution >= 0.6 is 23.2 Å². The van der Waals surface area contributed by atoms with Gasteiger partial charge in [0, 0.05) is 48.5 Å². The minimum atomic E-state index is -5.38. The van der Waals surface area contributed by atoms with Crippen LogP contribution in [-0.4, -0.2) is 30.9 Å². The Morgan fingerprint density at radius 2 is 1.00 bits per heavy atom. The minimum absolute atomic E-state index is 0. The van der Waals surface area contributed by atoms with Crippen molar-refractivity contribution in [2.75, 3.05) is 0 Å². The van der Waals surface area contributed by atoms with Gasteiger partial charge in [0.2, 0.25) is 0 Å². The van der Waals surface area contributed by atoms with Crippen molar-refractivity contribution in [1.82, 2.24) is 4.98 Å². The first kappa shape index (κ1) is 34.4. The molecule has 0 radical (unpaired) electrons. The van der Waals surface area contributed by atoms with E-state index in [1.165, 1.54) is 30.3 Å². The van der Waals surface area contributed by atoms with Gasteiger partial charge in [0.15, 0.2) is 16.9 Å². The molecule has 0 unspecified atom stereocenters. The van der Waals surface area contributed by atoms with Crippen LogP contribution in [0.15, 0.2) is 77.6 Å². The van der Waals surface area contributed by atoms with Gasteiger partial charge in [-0.2, -0.15) is 0 Å². The normalized spacial score (nSPS) is 12.3. The molecule has 1 aromatic heterocycles. The first-order chi connectivity index (χ1) is 21.3. The number of pyridine rings is 1. The molecule has 47 heavy (non-hydrogen) atoms. The van der Waals surface area contributed by atoms with Gasteiger partial charge in [0.05, 0.1) is 26.5 Å². The molecule has 8 aromatic rings. The molecule has 10 nitrogen and oxygen atoms in total. The van der Waals surface area contributed by atoms with E-state index in [0.717, 1.165) is 0 Å². The topological polar surface area (TPSA) is 166 Å². The number of aromatic nitrogens is 1. The second kappa shape index (κ2) is 11.9. The predicted octanol–water partition coefficient (Wildman–Crippen LogP) is 0.878. The Morgan fingerprint density at radius 1 is 0.511 bits per heavy atom. The summed E-state index contributed by atoms with van der Waals surface area (Å²) in [4.78, 5) is 16.8. The second-order valence-electron chi connectivity index (χ2n) is 10.4. The Hall–Kier alpha value is -2.43. The number of aromatic amines is 1. The van der Waals surface area contributed by atoms with E-state index in [4.69, 9.17) is 31.6 Å². The Labute approximate surface area is 319 Å². The maximum absolute atomic E-state index is 13.6. The molecule has 0 fully saturated rings. The summed E-state index contributed by atoms with van der Waals surface area (Å²) in [5.41, 5.74) is 0.218. The van der Waals surface area contributed by atoms with E-state index >= 15 is 0 Å². The Balaban J connectivity index is 0.00000193. The average molecular weight is 724 g/mol. The van der Waals surface area contributed by atoms with E-state index in [0.29, 0.717) is 43.1 Å². The summed E-state index contributed by atoms with van der Waals surface area (Å²) in [7, 11) is -10.7. The van der Waals surface area contributed by atoms with Crippen molar-refractivity contribution >= 4 is 120 Å². The molecule has 1 heterocycles. The fourth-order valence-corrected chi connectivity index (χ4v) is 7.72. The van der Waals surface area contributed by atoms with Crippen LogP contribution in [-0.2, 0) is 20.8 Å². The SMILES string of the molecule is O=c1c2ccccc2c2c(Cl)c(Cl)c3[nH]c4c(ccc5c(OS(=O)(=O)[O-])c6ccccc6c(OS(=O)(=O)[O-])c54)c4ccc1c2c34.[Na+].[Na+]. The first-order valence-electron chi connectivity index (χ1n) is 13.0. The zero-order chi connectivity index (χ0) is 31.6. The molecule has 0 aliphatic heterocycles. The quantitative estimate of drug-likeness (QED) is 0.0912. The molecule has 0 aliphatic carbocycles. The van der Waals surface area contributed by atoms with Gasteiger partial charge in [0.25, 0.3) is 20.8 Å². The van der Waals surface area contributed by atoms with Gasteiger partial charge in [-0.1, -0.05) is 83.9 Å². The molecular formula is C31H13Cl2NNa2O9S2. The fourth-order valence-electron chi connectivity index (χ4n) is 6.44. The van der Waals surface area contributed by atoms with Gasteiger partial charge < -0.3 is 22.5 Å². The molecule has 16 heteroatoms. The van der Waals surface area contributed by atoms with Crippen LogP contribution in [0.5, 0.6) is 11.5 Å². The monoisotopic (exact) mass is 723 g/mol. The van der Waals surface area contributed by atoms with Crippen LogP contribution in [0.1, 0.15) is 0 Å². The standard InChI is InChI=1S/C31H15Cl2NO9S2.2Na/c32-25-22-13-5-1-2-6-16(13)29(35)19-11-9-14-15-10-12-20-24(27(15)34-28(26(25)33)23(14)21(19)22)31(43-45(39,40)41)18-8-4-3-7-17(18)30(20)42-44(36,37)38;;/h1-12,34H,(H,36,37,38)(H,39,40,41);;/q;2*+1/p-2. The molecule has 0 bridgehead atoms. The molecule has 0 aliphatic rings. The molecule has 0 saturated heterocycles. The van der Waals surface area contributed by atoms with Gasteiger partial charge in [-0.25, -0.2) is 16.8 Å². The van der Waals surface area contributed by atoms with Crippen molar-refractivity contribution in [2.45, 2.75) is 0 Å². The summed E-state index contributed by atoms with van der Waals surface area (Å²) in [6.07, 6.45) is 0. The van der Waals surface area contributed by atoms with Gasteiger partial charge >= 0.3 is 59.1 Å². The Kier molecular flexibility index (Phi) is 8.69. The van der Waals surface area contributed by atoms with Gasteiger partial charge in [-0.15, -0.1) is 0 Å². The average Bonchev–Trinajstić information content (AvgIpc) is 2.99. The van der Waals surface area contributed by atoms with E-state index in [9.17, 15) is 30.7 Å². The first-order valence-corrected chi connectivity index (χ1v) is 16.5. The van der Waals surface area contributed by atoms with E-state index in [1.807, 2.05) is 0 Å².